The maximum absolute atomic E-state index is 13.2. The zero-order valence-corrected chi connectivity index (χ0v) is 12.7. The summed E-state index contributed by atoms with van der Waals surface area (Å²) in [6, 6.07) is 10.5. The molecule has 0 heterocycles. The van der Waals surface area contributed by atoms with Crippen molar-refractivity contribution in [1.82, 2.24) is 5.32 Å². The molecule has 4 heteroatoms. The van der Waals surface area contributed by atoms with Gasteiger partial charge in [0, 0.05) is 17.1 Å². The Morgan fingerprint density at radius 2 is 1.85 bits per heavy atom. The number of benzene rings is 2. The van der Waals surface area contributed by atoms with Gasteiger partial charge in [-0.15, -0.1) is 0 Å². The van der Waals surface area contributed by atoms with Crippen LogP contribution in [-0.4, -0.2) is 6.54 Å². The highest BCUT2D eigenvalue weighted by molar-refractivity contribution is 6.34. The van der Waals surface area contributed by atoms with Crippen LogP contribution in [0.4, 0.5) is 4.39 Å². The zero-order chi connectivity index (χ0) is 14.5. The molecule has 20 heavy (non-hydrogen) atoms. The highest BCUT2D eigenvalue weighted by Gasteiger charge is 2.07. The smallest absolute Gasteiger partial charge is 0.141 e. The summed E-state index contributed by atoms with van der Waals surface area (Å²) in [5.74, 6) is -0.424. The van der Waals surface area contributed by atoms with Crippen LogP contribution in [0.15, 0.2) is 36.4 Å². The lowest BCUT2D eigenvalue weighted by atomic mass is 10.0. The Hall–Kier alpha value is -1.09. The van der Waals surface area contributed by atoms with Gasteiger partial charge in [-0.05, 0) is 42.3 Å². The number of halogens is 3. The molecule has 0 aliphatic rings. The van der Waals surface area contributed by atoms with Crippen LogP contribution in [-0.2, 0) is 6.54 Å². The normalized spacial score (nSPS) is 10.8. The van der Waals surface area contributed by atoms with Gasteiger partial charge >= 0.3 is 0 Å². The van der Waals surface area contributed by atoms with E-state index in [0.717, 1.165) is 36.2 Å². The molecule has 0 saturated carbocycles. The van der Waals surface area contributed by atoms with Crippen molar-refractivity contribution in [3.8, 4) is 11.1 Å². The average molecular weight is 312 g/mol. The van der Waals surface area contributed by atoms with Crippen LogP contribution in [0.3, 0.4) is 0 Å². The molecule has 2 aromatic carbocycles. The van der Waals surface area contributed by atoms with Crippen molar-refractivity contribution in [3.05, 3.63) is 57.8 Å². The largest absolute Gasteiger partial charge is 0.313 e. The van der Waals surface area contributed by atoms with Crippen LogP contribution in [0, 0.1) is 5.82 Å². The first kappa shape index (κ1) is 15.3. The van der Waals surface area contributed by atoms with E-state index in [1.54, 1.807) is 12.1 Å². The lowest BCUT2D eigenvalue weighted by Crippen LogP contribution is -2.13. The second-order valence-electron chi connectivity index (χ2n) is 4.62. The Bertz CT molecular complexity index is 599. The first-order valence-electron chi connectivity index (χ1n) is 6.56. The highest BCUT2D eigenvalue weighted by Crippen LogP contribution is 2.31. The Labute approximate surface area is 128 Å². The molecule has 0 spiro atoms. The summed E-state index contributed by atoms with van der Waals surface area (Å²) < 4.78 is 13.2. The van der Waals surface area contributed by atoms with Crippen molar-refractivity contribution in [3.63, 3.8) is 0 Å². The first-order chi connectivity index (χ1) is 9.61. The minimum Gasteiger partial charge on any atom is -0.313 e. The van der Waals surface area contributed by atoms with E-state index in [1.807, 2.05) is 18.2 Å². The van der Waals surface area contributed by atoms with Crippen molar-refractivity contribution in [2.75, 3.05) is 6.54 Å². The molecule has 2 aromatic rings. The van der Waals surface area contributed by atoms with E-state index in [9.17, 15) is 4.39 Å². The molecule has 1 nitrogen and oxygen atoms in total. The predicted octanol–water partition coefficient (Wildman–Crippen LogP) is 5.30. The third kappa shape index (κ3) is 3.72. The minimum absolute atomic E-state index is 0.104. The quantitative estimate of drug-likeness (QED) is 0.739. The fraction of sp³-hybridized carbons (Fsp3) is 0.250. The number of rotatable bonds is 5. The van der Waals surface area contributed by atoms with E-state index in [0.29, 0.717) is 5.02 Å². The SMILES string of the molecule is CCCNCc1ccc(-c2ccc(F)c(Cl)c2)c(Cl)c1. The molecular formula is C16H16Cl2FN. The van der Waals surface area contributed by atoms with Crippen LogP contribution in [0.1, 0.15) is 18.9 Å². The van der Waals surface area contributed by atoms with E-state index in [2.05, 4.69) is 12.2 Å². The highest BCUT2D eigenvalue weighted by atomic mass is 35.5. The summed E-state index contributed by atoms with van der Waals surface area (Å²) in [5, 5.41) is 4.07. The molecule has 0 aromatic heterocycles. The third-order valence-electron chi connectivity index (χ3n) is 3.02. The summed E-state index contributed by atoms with van der Waals surface area (Å²) in [5.41, 5.74) is 2.79. The van der Waals surface area contributed by atoms with Crippen molar-refractivity contribution < 1.29 is 4.39 Å². The molecule has 0 radical (unpaired) electrons. The molecule has 0 saturated heterocycles. The van der Waals surface area contributed by atoms with Gasteiger partial charge in [0.2, 0.25) is 0 Å². The summed E-state index contributed by atoms with van der Waals surface area (Å²) in [7, 11) is 0. The van der Waals surface area contributed by atoms with E-state index in [-0.39, 0.29) is 5.02 Å². The van der Waals surface area contributed by atoms with Gasteiger partial charge in [0.05, 0.1) is 5.02 Å². The van der Waals surface area contributed by atoms with Crippen molar-refractivity contribution in [2.24, 2.45) is 0 Å². The van der Waals surface area contributed by atoms with Crippen LogP contribution >= 0.6 is 23.2 Å². The van der Waals surface area contributed by atoms with Crippen molar-refractivity contribution in [2.45, 2.75) is 19.9 Å². The van der Waals surface area contributed by atoms with E-state index in [1.165, 1.54) is 6.07 Å². The van der Waals surface area contributed by atoms with Gasteiger partial charge in [0.15, 0.2) is 0 Å². The van der Waals surface area contributed by atoms with Crippen LogP contribution in [0.25, 0.3) is 11.1 Å². The lowest BCUT2D eigenvalue weighted by Gasteiger charge is -2.09. The number of hydrogen-bond acceptors (Lipinski definition) is 1. The molecule has 0 unspecified atom stereocenters. The second-order valence-corrected chi connectivity index (χ2v) is 5.43. The molecule has 0 aliphatic carbocycles. The van der Waals surface area contributed by atoms with Crippen molar-refractivity contribution >= 4 is 23.2 Å². The molecule has 0 atom stereocenters. The van der Waals surface area contributed by atoms with Gasteiger partial charge in [0.1, 0.15) is 5.82 Å². The molecular weight excluding hydrogens is 296 g/mol. The van der Waals surface area contributed by atoms with Gasteiger partial charge in [-0.1, -0.05) is 48.3 Å². The number of hydrogen-bond donors (Lipinski definition) is 1. The Morgan fingerprint density at radius 3 is 2.50 bits per heavy atom. The Morgan fingerprint density at radius 1 is 1.05 bits per heavy atom. The standard InChI is InChI=1S/C16H16Cl2FN/c1-2-7-20-10-11-3-5-13(14(17)8-11)12-4-6-16(19)15(18)9-12/h3-6,8-9,20H,2,7,10H2,1H3. The van der Waals surface area contributed by atoms with Gasteiger partial charge in [-0.25, -0.2) is 4.39 Å². The molecule has 0 fully saturated rings. The monoisotopic (exact) mass is 311 g/mol. The van der Waals surface area contributed by atoms with Crippen LogP contribution < -0.4 is 5.32 Å². The summed E-state index contributed by atoms with van der Waals surface area (Å²) in [6.45, 7) is 3.90. The van der Waals surface area contributed by atoms with Gasteiger partial charge < -0.3 is 5.32 Å². The van der Waals surface area contributed by atoms with E-state index < -0.39 is 5.82 Å². The summed E-state index contributed by atoms with van der Waals surface area (Å²) in [6.07, 6.45) is 1.10. The molecule has 1 N–H and O–H groups in total. The Balaban J connectivity index is 2.22. The summed E-state index contributed by atoms with van der Waals surface area (Å²) in [4.78, 5) is 0. The average Bonchev–Trinajstić information content (AvgIpc) is 2.43. The van der Waals surface area contributed by atoms with Crippen molar-refractivity contribution in [1.29, 1.82) is 0 Å². The third-order valence-corrected chi connectivity index (χ3v) is 3.62. The van der Waals surface area contributed by atoms with Gasteiger partial charge in [-0.3, -0.25) is 0 Å². The molecule has 2 rings (SSSR count). The fourth-order valence-electron chi connectivity index (χ4n) is 1.98. The molecule has 0 aliphatic heterocycles. The maximum Gasteiger partial charge on any atom is 0.141 e. The van der Waals surface area contributed by atoms with Gasteiger partial charge in [-0.2, -0.15) is 0 Å². The zero-order valence-electron chi connectivity index (χ0n) is 11.2. The molecule has 0 bridgehead atoms. The topological polar surface area (TPSA) is 12.0 Å². The molecule has 0 amide bonds. The predicted molar refractivity (Wildman–Crippen MR) is 83.9 cm³/mol. The van der Waals surface area contributed by atoms with Crippen LogP contribution in [0.5, 0.6) is 0 Å². The van der Waals surface area contributed by atoms with Crippen LogP contribution in [0.2, 0.25) is 10.0 Å². The van der Waals surface area contributed by atoms with Gasteiger partial charge in [0.25, 0.3) is 0 Å². The summed E-state index contributed by atoms with van der Waals surface area (Å²) >= 11 is 12.1. The number of nitrogens with one attached hydrogen (secondary N) is 1. The maximum atomic E-state index is 13.2. The van der Waals surface area contributed by atoms with E-state index in [4.69, 9.17) is 23.2 Å². The fourth-order valence-corrected chi connectivity index (χ4v) is 2.47. The lowest BCUT2D eigenvalue weighted by molar-refractivity contribution is 0.628. The first-order valence-corrected chi connectivity index (χ1v) is 7.32. The second kappa shape index (κ2) is 7.07. The van der Waals surface area contributed by atoms with E-state index >= 15 is 0 Å². The Kier molecular flexibility index (Phi) is 5.41. The molecule has 106 valence electrons. The minimum atomic E-state index is -0.424.